The zero-order valence-corrected chi connectivity index (χ0v) is 10.9. The van der Waals surface area contributed by atoms with Gasteiger partial charge < -0.3 is 5.32 Å². The molecule has 1 nitrogen and oxygen atoms in total. The smallest absolute Gasteiger partial charge is 0.127 e. The maximum absolute atomic E-state index is 13.4. The molecular formula is C13H19ClFN. The standard InChI is InChI=1S/C13H19ClFN/c1-13(2,3)16-8-4-5-10-6-7-11(14)9-12(10)15/h6-7,9,16H,4-5,8H2,1-3H3. The van der Waals surface area contributed by atoms with Crippen LogP contribution in [0.1, 0.15) is 32.8 Å². The molecule has 0 amide bonds. The van der Waals surface area contributed by atoms with Crippen molar-refractivity contribution in [3.05, 3.63) is 34.6 Å². The van der Waals surface area contributed by atoms with E-state index in [1.165, 1.54) is 6.07 Å². The quantitative estimate of drug-likeness (QED) is 0.794. The third-order valence-electron chi connectivity index (χ3n) is 2.29. The molecule has 0 fully saturated rings. The number of halogens is 2. The third-order valence-corrected chi connectivity index (χ3v) is 2.53. The summed E-state index contributed by atoms with van der Waals surface area (Å²) < 4.78 is 13.4. The van der Waals surface area contributed by atoms with Crippen LogP contribution in [0.4, 0.5) is 4.39 Å². The van der Waals surface area contributed by atoms with Crippen LogP contribution in [-0.4, -0.2) is 12.1 Å². The van der Waals surface area contributed by atoms with Gasteiger partial charge in [0.15, 0.2) is 0 Å². The number of hydrogen-bond acceptors (Lipinski definition) is 1. The molecule has 0 aromatic heterocycles. The highest BCUT2D eigenvalue weighted by atomic mass is 35.5. The van der Waals surface area contributed by atoms with Crippen molar-refractivity contribution in [3.8, 4) is 0 Å². The maximum atomic E-state index is 13.4. The zero-order valence-electron chi connectivity index (χ0n) is 10.1. The predicted molar refractivity (Wildman–Crippen MR) is 67.5 cm³/mol. The van der Waals surface area contributed by atoms with Crippen LogP contribution < -0.4 is 5.32 Å². The molecule has 16 heavy (non-hydrogen) atoms. The van der Waals surface area contributed by atoms with E-state index in [-0.39, 0.29) is 11.4 Å². The highest BCUT2D eigenvalue weighted by Gasteiger charge is 2.08. The Morgan fingerprint density at radius 2 is 2.00 bits per heavy atom. The Balaban J connectivity index is 2.38. The Hall–Kier alpha value is -0.600. The van der Waals surface area contributed by atoms with Crippen LogP contribution in [0.3, 0.4) is 0 Å². The van der Waals surface area contributed by atoms with Crippen LogP contribution in [0.2, 0.25) is 5.02 Å². The van der Waals surface area contributed by atoms with Crippen LogP contribution in [0.5, 0.6) is 0 Å². The first-order valence-corrected chi connectivity index (χ1v) is 5.95. The van der Waals surface area contributed by atoms with Crippen LogP contribution >= 0.6 is 11.6 Å². The van der Waals surface area contributed by atoms with Crippen LogP contribution in [0.15, 0.2) is 18.2 Å². The number of hydrogen-bond donors (Lipinski definition) is 1. The highest BCUT2D eigenvalue weighted by Crippen LogP contribution is 2.15. The fourth-order valence-corrected chi connectivity index (χ4v) is 1.63. The van der Waals surface area contributed by atoms with Crippen molar-refractivity contribution in [2.75, 3.05) is 6.54 Å². The summed E-state index contributed by atoms with van der Waals surface area (Å²) in [6.45, 7) is 7.26. The van der Waals surface area contributed by atoms with Crippen molar-refractivity contribution in [2.24, 2.45) is 0 Å². The molecule has 0 aliphatic heterocycles. The third kappa shape index (κ3) is 4.95. The van der Waals surface area contributed by atoms with Crippen molar-refractivity contribution in [1.29, 1.82) is 0 Å². The minimum Gasteiger partial charge on any atom is -0.312 e. The van der Waals surface area contributed by atoms with E-state index in [0.29, 0.717) is 5.02 Å². The van der Waals surface area contributed by atoms with E-state index >= 15 is 0 Å². The van der Waals surface area contributed by atoms with Crippen molar-refractivity contribution >= 4 is 11.6 Å². The van der Waals surface area contributed by atoms with Gasteiger partial charge in [-0.2, -0.15) is 0 Å². The van der Waals surface area contributed by atoms with Gasteiger partial charge in [0, 0.05) is 10.6 Å². The first kappa shape index (κ1) is 13.5. The van der Waals surface area contributed by atoms with Gasteiger partial charge in [-0.25, -0.2) is 4.39 Å². The summed E-state index contributed by atoms with van der Waals surface area (Å²) in [5, 5.41) is 3.83. The highest BCUT2D eigenvalue weighted by molar-refractivity contribution is 6.30. The van der Waals surface area contributed by atoms with Crippen molar-refractivity contribution in [2.45, 2.75) is 39.2 Å². The van der Waals surface area contributed by atoms with Gasteiger partial charge in [0.25, 0.3) is 0 Å². The van der Waals surface area contributed by atoms with Gasteiger partial charge in [-0.1, -0.05) is 17.7 Å². The first-order chi connectivity index (χ1) is 7.38. The van der Waals surface area contributed by atoms with Gasteiger partial charge in [0.1, 0.15) is 5.82 Å². The van der Waals surface area contributed by atoms with E-state index in [1.54, 1.807) is 12.1 Å². The molecule has 1 aromatic carbocycles. The second-order valence-corrected chi connectivity index (χ2v) is 5.45. The Labute approximate surface area is 102 Å². The molecule has 0 aliphatic rings. The average molecular weight is 244 g/mol. The number of nitrogens with one attached hydrogen (secondary N) is 1. The second kappa shape index (κ2) is 5.65. The van der Waals surface area contributed by atoms with Crippen molar-refractivity contribution in [1.82, 2.24) is 5.32 Å². The predicted octanol–water partition coefficient (Wildman–Crippen LogP) is 3.80. The lowest BCUT2D eigenvalue weighted by molar-refractivity contribution is 0.421. The lowest BCUT2D eigenvalue weighted by atomic mass is 10.1. The van der Waals surface area contributed by atoms with Crippen LogP contribution in [0, 0.1) is 5.82 Å². The molecule has 0 spiro atoms. The molecule has 0 heterocycles. The van der Waals surface area contributed by atoms with Gasteiger partial charge in [0.05, 0.1) is 0 Å². The molecule has 3 heteroatoms. The number of benzene rings is 1. The normalized spacial score (nSPS) is 11.8. The summed E-state index contributed by atoms with van der Waals surface area (Å²) in [6, 6.07) is 4.86. The molecule has 0 unspecified atom stereocenters. The van der Waals surface area contributed by atoms with Gasteiger partial charge >= 0.3 is 0 Å². The maximum Gasteiger partial charge on any atom is 0.127 e. The Morgan fingerprint density at radius 1 is 1.31 bits per heavy atom. The lowest BCUT2D eigenvalue weighted by Crippen LogP contribution is -2.36. The first-order valence-electron chi connectivity index (χ1n) is 5.57. The molecule has 90 valence electrons. The topological polar surface area (TPSA) is 12.0 Å². The van der Waals surface area contributed by atoms with E-state index in [0.717, 1.165) is 24.9 Å². The van der Waals surface area contributed by atoms with E-state index in [9.17, 15) is 4.39 Å². The number of rotatable bonds is 4. The molecule has 1 aromatic rings. The Kier molecular flexibility index (Phi) is 4.75. The van der Waals surface area contributed by atoms with Crippen LogP contribution in [0.25, 0.3) is 0 Å². The molecule has 0 bridgehead atoms. The summed E-state index contributed by atoms with van der Waals surface area (Å²) >= 11 is 5.69. The van der Waals surface area contributed by atoms with Crippen LogP contribution in [-0.2, 0) is 6.42 Å². The molecule has 1 rings (SSSR count). The van der Waals surface area contributed by atoms with Gasteiger partial charge in [0.2, 0.25) is 0 Å². The van der Waals surface area contributed by atoms with E-state index in [4.69, 9.17) is 11.6 Å². The largest absolute Gasteiger partial charge is 0.312 e. The summed E-state index contributed by atoms with van der Waals surface area (Å²) in [4.78, 5) is 0. The van der Waals surface area contributed by atoms with E-state index in [1.807, 2.05) is 0 Å². The lowest BCUT2D eigenvalue weighted by Gasteiger charge is -2.20. The second-order valence-electron chi connectivity index (χ2n) is 5.02. The molecule has 1 N–H and O–H groups in total. The fourth-order valence-electron chi connectivity index (χ4n) is 1.47. The number of aryl methyl sites for hydroxylation is 1. The average Bonchev–Trinajstić information content (AvgIpc) is 2.13. The fraction of sp³-hybridized carbons (Fsp3) is 0.538. The summed E-state index contributed by atoms with van der Waals surface area (Å²) in [5.41, 5.74) is 0.860. The van der Waals surface area contributed by atoms with Crippen molar-refractivity contribution < 1.29 is 4.39 Å². The zero-order chi connectivity index (χ0) is 12.2. The monoisotopic (exact) mass is 243 g/mol. The Bertz CT molecular complexity index is 344. The molecule has 0 aliphatic carbocycles. The van der Waals surface area contributed by atoms with E-state index < -0.39 is 0 Å². The molecule has 0 saturated carbocycles. The summed E-state index contributed by atoms with van der Waals surface area (Å²) in [7, 11) is 0. The van der Waals surface area contributed by atoms with E-state index in [2.05, 4.69) is 26.1 Å². The van der Waals surface area contributed by atoms with Gasteiger partial charge in [-0.3, -0.25) is 0 Å². The molecular weight excluding hydrogens is 225 g/mol. The minimum absolute atomic E-state index is 0.124. The summed E-state index contributed by atoms with van der Waals surface area (Å²) in [6.07, 6.45) is 1.67. The van der Waals surface area contributed by atoms with Gasteiger partial charge in [-0.15, -0.1) is 0 Å². The molecule has 0 atom stereocenters. The van der Waals surface area contributed by atoms with Crippen molar-refractivity contribution in [3.63, 3.8) is 0 Å². The Morgan fingerprint density at radius 3 is 2.56 bits per heavy atom. The molecule has 0 saturated heterocycles. The SMILES string of the molecule is CC(C)(C)NCCCc1ccc(Cl)cc1F. The minimum atomic E-state index is -0.205. The molecule has 0 radical (unpaired) electrons. The van der Waals surface area contributed by atoms with Gasteiger partial charge in [-0.05, 0) is 57.9 Å². The summed E-state index contributed by atoms with van der Waals surface area (Å²) in [5.74, 6) is -0.205.